The topological polar surface area (TPSA) is 54.0 Å². The van der Waals surface area contributed by atoms with Crippen molar-refractivity contribution >= 4 is 12.0 Å². The molecular weight excluding hydrogens is 458 g/mol. The molecule has 0 heterocycles. The maximum atomic E-state index is 13.5. The summed E-state index contributed by atoms with van der Waals surface area (Å²) in [5.41, 5.74) is -3.33. The first kappa shape index (κ1) is 25.9. The molecule has 0 fully saturated rings. The van der Waals surface area contributed by atoms with Crippen LogP contribution in [-0.2, 0) is 10.9 Å². The molecule has 0 aliphatic heterocycles. The molecule has 0 saturated carbocycles. The molecule has 0 aromatic heterocycles. The Balaban J connectivity index is 2.62. The van der Waals surface area contributed by atoms with Gasteiger partial charge in [-0.15, -0.1) is 13.2 Å². The van der Waals surface area contributed by atoms with E-state index in [9.17, 15) is 31.1 Å². The molecule has 5 nitrogen and oxygen atoms in total. The molecule has 0 aliphatic rings. The Morgan fingerprint density at radius 3 is 2.03 bits per heavy atom. The monoisotopic (exact) mass is 478 g/mol. The van der Waals surface area contributed by atoms with Gasteiger partial charge in [0, 0.05) is 11.6 Å². The number of esters is 1. The molecule has 2 aromatic rings. The Morgan fingerprint density at radius 2 is 1.55 bits per heavy atom. The quantitative estimate of drug-likeness (QED) is 0.331. The van der Waals surface area contributed by atoms with Crippen molar-refractivity contribution in [3.05, 3.63) is 53.6 Å². The highest BCUT2D eigenvalue weighted by atomic mass is 19.4. The Hall–Kier alpha value is -3.37. The van der Waals surface area contributed by atoms with Crippen molar-refractivity contribution in [1.82, 2.24) is 0 Å². The van der Waals surface area contributed by atoms with Gasteiger partial charge in [-0.05, 0) is 45.0 Å². The van der Waals surface area contributed by atoms with Crippen LogP contribution in [0.4, 0.5) is 26.3 Å². The van der Waals surface area contributed by atoms with Crippen LogP contribution in [0.1, 0.15) is 42.3 Å². The molecule has 2 rings (SSSR count). The SMILES string of the molecule is C=Cc1c(C(F)(F)F)ccc(Oc2ccc(OC(F)(F)F)cc2OC)c1C(=O)OC(C)(C)C. The van der Waals surface area contributed by atoms with Crippen LogP contribution in [0.15, 0.2) is 36.9 Å². The van der Waals surface area contributed by atoms with Crippen LogP contribution < -0.4 is 14.2 Å². The van der Waals surface area contributed by atoms with Gasteiger partial charge < -0.3 is 18.9 Å². The van der Waals surface area contributed by atoms with E-state index >= 15 is 0 Å². The molecule has 0 atom stereocenters. The first-order chi connectivity index (χ1) is 15.1. The lowest BCUT2D eigenvalue weighted by atomic mass is 9.99. The summed E-state index contributed by atoms with van der Waals surface area (Å²) >= 11 is 0. The summed E-state index contributed by atoms with van der Waals surface area (Å²) in [7, 11) is 1.14. The van der Waals surface area contributed by atoms with E-state index in [0.29, 0.717) is 6.07 Å². The zero-order valence-electron chi connectivity index (χ0n) is 18.0. The number of methoxy groups -OCH3 is 1. The van der Waals surface area contributed by atoms with Crippen molar-refractivity contribution in [2.45, 2.75) is 38.9 Å². The fourth-order valence-corrected chi connectivity index (χ4v) is 2.73. The number of halogens is 6. The van der Waals surface area contributed by atoms with Crippen molar-refractivity contribution in [2.24, 2.45) is 0 Å². The van der Waals surface area contributed by atoms with Gasteiger partial charge in [-0.2, -0.15) is 13.2 Å². The molecule has 180 valence electrons. The van der Waals surface area contributed by atoms with E-state index in [1.807, 2.05) is 0 Å². The summed E-state index contributed by atoms with van der Waals surface area (Å²) in [4.78, 5) is 12.8. The minimum absolute atomic E-state index is 0.188. The Morgan fingerprint density at radius 1 is 0.939 bits per heavy atom. The summed E-state index contributed by atoms with van der Waals surface area (Å²) in [6.07, 6.45) is -8.93. The lowest BCUT2D eigenvalue weighted by Crippen LogP contribution is -2.25. The number of hydrogen-bond acceptors (Lipinski definition) is 5. The molecule has 0 radical (unpaired) electrons. The molecule has 0 N–H and O–H groups in total. The molecule has 0 unspecified atom stereocenters. The van der Waals surface area contributed by atoms with E-state index in [-0.39, 0.29) is 17.2 Å². The first-order valence-electron chi connectivity index (χ1n) is 9.27. The largest absolute Gasteiger partial charge is 0.573 e. The van der Waals surface area contributed by atoms with Crippen LogP contribution in [0.3, 0.4) is 0 Å². The second-order valence-corrected chi connectivity index (χ2v) is 7.57. The van der Waals surface area contributed by atoms with Crippen molar-refractivity contribution in [2.75, 3.05) is 7.11 Å². The van der Waals surface area contributed by atoms with Gasteiger partial charge in [0.2, 0.25) is 0 Å². The summed E-state index contributed by atoms with van der Waals surface area (Å²) in [5.74, 6) is -2.50. The van der Waals surface area contributed by atoms with Crippen molar-refractivity contribution in [3.63, 3.8) is 0 Å². The molecule has 0 saturated heterocycles. The molecule has 33 heavy (non-hydrogen) atoms. The van der Waals surface area contributed by atoms with Crippen LogP contribution in [0.5, 0.6) is 23.0 Å². The molecule has 0 amide bonds. The van der Waals surface area contributed by atoms with E-state index in [0.717, 1.165) is 37.5 Å². The van der Waals surface area contributed by atoms with Crippen molar-refractivity contribution < 1.29 is 50.1 Å². The highest BCUT2D eigenvalue weighted by molar-refractivity contribution is 5.97. The maximum absolute atomic E-state index is 13.5. The van der Waals surface area contributed by atoms with Crippen LogP contribution in [0.25, 0.3) is 6.08 Å². The highest BCUT2D eigenvalue weighted by Gasteiger charge is 2.37. The van der Waals surface area contributed by atoms with Gasteiger partial charge >= 0.3 is 18.5 Å². The third-order valence-electron chi connectivity index (χ3n) is 3.91. The zero-order valence-corrected chi connectivity index (χ0v) is 18.0. The number of rotatable bonds is 6. The second-order valence-electron chi connectivity index (χ2n) is 7.57. The number of carbonyl (C=O) groups is 1. The van der Waals surface area contributed by atoms with E-state index in [1.54, 1.807) is 0 Å². The molecule has 11 heteroatoms. The Kier molecular flexibility index (Phi) is 7.25. The minimum atomic E-state index is -4.95. The number of hydrogen-bond donors (Lipinski definition) is 0. The summed E-state index contributed by atoms with van der Waals surface area (Å²) in [6, 6.07) is 4.41. The third-order valence-corrected chi connectivity index (χ3v) is 3.91. The lowest BCUT2D eigenvalue weighted by molar-refractivity contribution is -0.274. The number of benzene rings is 2. The molecule has 0 bridgehead atoms. The number of alkyl halides is 6. The van der Waals surface area contributed by atoms with E-state index in [4.69, 9.17) is 14.2 Å². The molecule has 0 aliphatic carbocycles. The van der Waals surface area contributed by atoms with Crippen LogP contribution in [0, 0.1) is 0 Å². The van der Waals surface area contributed by atoms with Gasteiger partial charge in [0.25, 0.3) is 0 Å². The molecule has 0 spiro atoms. The van der Waals surface area contributed by atoms with Gasteiger partial charge in [0.15, 0.2) is 11.5 Å². The fraction of sp³-hybridized carbons (Fsp3) is 0.318. The summed E-state index contributed by atoms with van der Waals surface area (Å²) in [5, 5.41) is 0. The maximum Gasteiger partial charge on any atom is 0.573 e. The van der Waals surface area contributed by atoms with Gasteiger partial charge in [-0.3, -0.25) is 0 Å². The summed E-state index contributed by atoms with van der Waals surface area (Å²) in [6.45, 7) is 7.93. The predicted octanol–water partition coefficient (Wildman–Crippen LogP) is 7.00. The standard InChI is InChI=1S/C22H20F6O5/c1-6-13-14(21(23,24)25)8-10-16(18(13)19(29)33-20(2,3)4)31-15-9-7-12(11-17(15)30-5)32-22(26,27)28/h6-11H,1H2,2-5H3. The smallest absolute Gasteiger partial charge is 0.493 e. The minimum Gasteiger partial charge on any atom is -0.493 e. The van der Waals surface area contributed by atoms with Crippen LogP contribution in [-0.4, -0.2) is 25.0 Å². The second kappa shape index (κ2) is 9.24. The number of ether oxygens (including phenoxy) is 4. The first-order valence-corrected chi connectivity index (χ1v) is 9.27. The Labute approximate surface area is 185 Å². The fourth-order valence-electron chi connectivity index (χ4n) is 2.73. The predicted molar refractivity (Wildman–Crippen MR) is 106 cm³/mol. The van der Waals surface area contributed by atoms with E-state index in [1.165, 1.54) is 20.8 Å². The van der Waals surface area contributed by atoms with Crippen LogP contribution >= 0.6 is 0 Å². The highest BCUT2D eigenvalue weighted by Crippen LogP contribution is 2.42. The molecular formula is C22H20F6O5. The molecule has 2 aromatic carbocycles. The lowest BCUT2D eigenvalue weighted by Gasteiger charge is -2.23. The van der Waals surface area contributed by atoms with E-state index < -0.39 is 46.5 Å². The van der Waals surface area contributed by atoms with Gasteiger partial charge in [0.05, 0.1) is 12.7 Å². The average Bonchev–Trinajstić information content (AvgIpc) is 2.65. The van der Waals surface area contributed by atoms with E-state index in [2.05, 4.69) is 11.3 Å². The van der Waals surface area contributed by atoms with Gasteiger partial charge in [0.1, 0.15) is 22.7 Å². The van der Waals surface area contributed by atoms with Crippen molar-refractivity contribution in [1.29, 1.82) is 0 Å². The average molecular weight is 478 g/mol. The normalized spacial score (nSPS) is 12.2. The summed E-state index contributed by atoms with van der Waals surface area (Å²) < 4.78 is 97.6. The zero-order chi connectivity index (χ0) is 25.2. The van der Waals surface area contributed by atoms with Gasteiger partial charge in [-0.25, -0.2) is 4.79 Å². The van der Waals surface area contributed by atoms with Gasteiger partial charge in [-0.1, -0.05) is 12.7 Å². The third kappa shape index (κ3) is 6.80. The number of carbonyl (C=O) groups excluding carboxylic acids is 1. The van der Waals surface area contributed by atoms with Crippen LogP contribution in [0.2, 0.25) is 0 Å². The Bertz CT molecular complexity index is 1040. The van der Waals surface area contributed by atoms with Crippen molar-refractivity contribution in [3.8, 4) is 23.0 Å².